The molecule has 0 rings (SSSR count). The molecule has 0 aromatic rings. The molecule has 1 N–H and O–H groups in total. The molecule has 0 aliphatic rings. The van der Waals surface area contributed by atoms with Gasteiger partial charge >= 0.3 is 0 Å². The third-order valence-electron chi connectivity index (χ3n) is 2.51. The fraction of sp³-hybridized carbons (Fsp3) is 0.467. The highest BCUT2D eigenvalue weighted by Gasteiger charge is 2.15. The molecule has 5 heteroatoms. The topological polar surface area (TPSA) is 59.4 Å². The number of hydrogen-bond donors (Lipinski definition) is 1. The summed E-state index contributed by atoms with van der Waals surface area (Å²) in [5, 5.41) is 12.1. The molecule has 0 bridgehead atoms. The van der Waals surface area contributed by atoms with Crippen LogP contribution in [0.1, 0.15) is 6.42 Å². The first-order valence-electron chi connectivity index (χ1n) is 6.56. The van der Waals surface area contributed by atoms with Crippen molar-refractivity contribution in [2.75, 3.05) is 40.3 Å². The summed E-state index contributed by atoms with van der Waals surface area (Å²) in [7, 11) is 4.00. The molecule has 1 amide bonds. The zero-order valence-corrected chi connectivity index (χ0v) is 12.4. The third kappa shape index (κ3) is 7.39. The average Bonchev–Trinajstić information content (AvgIpc) is 2.41. The lowest BCUT2D eigenvalue weighted by Gasteiger charge is -2.18. The van der Waals surface area contributed by atoms with E-state index in [9.17, 15) is 4.79 Å². The summed E-state index contributed by atoms with van der Waals surface area (Å²) in [4.78, 5) is 15.7. The van der Waals surface area contributed by atoms with Gasteiger partial charge in [-0.05, 0) is 27.1 Å². The molecule has 5 nitrogen and oxygen atoms in total. The van der Waals surface area contributed by atoms with Gasteiger partial charge in [0.2, 0.25) is 0 Å². The first kappa shape index (κ1) is 17.9. The second kappa shape index (κ2) is 10.8. The molecule has 110 valence electrons. The number of nitrogens with zero attached hydrogens (tertiary/aromatic N) is 3. The molecule has 0 radical (unpaired) electrons. The standard InChI is InChI=1S/C15H24N4O/c1-5-9-19(10-6-2)15(20)14(12-16)13-17-8-7-11-18(3)4/h5-6,13,17H,1-2,7-11H2,3-4H3/b14-13-. The van der Waals surface area contributed by atoms with Crippen LogP contribution in [0.2, 0.25) is 0 Å². The highest BCUT2D eigenvalue weighted by Crippen LogP contribution is 2.01. The van der Waals surface area contributed by atoms with Crippen LogP contribution in [0.5, 0.6) is 0 Å². The predicted octanol–water partition coefficient (Wildman–Crippen LogP) is 1.14. The summed E-state index contributed by atoms with van der Waals surface area (Å²) in [6.45, 7) is 9.67. The second-order valence-corrected chi connectivity index (χ2v) is 4.57. The van der Waals surface area contributed by atoms with Crippen molar-refractivity contribution in [1.82, 2.24) is 15.1 Å². The van der Waals surface area contributed by atoms with Crippen molar-refractivity contribution in [3.63, 3.8) is 0 Å². The van der Waals surface area contributed by atoms with Crippen LogP contribution in [0.3, 0.4) is 0 Å². The molecule has 20 heavy (non-hydrogen) atoms. The van der Waals surface area contributed by atoms with Crippen molar-refractivity contribution in [2.24, 2.45) is 0 Å². The maximum absolute atomic E-state index is 12.1. The van der Waals surface area contributed by atoms with Gasteiger partial charge in [-0.1, -0.05) is 12.2 Å². The minimum absolute atomic E-state index is 0.0959. The first-order chi connectivity index (χ1) is 9.56. The lowest BCUT2D eigenvalue weighted by atomic mass is 10.2. The SMILES string of the molecule is C=CCN(CC=C)C(=O)/C(C#N)=C\NCCCN(C)C. The number of rotatable bonds is 10. The van der Waals surface area contributed by atoms with E-state index >= 15 is 0 Å². The van der Waals surface area contributed by atoms with E-state index in [1.807, 2.05) is 20.2 Å². The Bertz CT molecular complexity index is 383. The lowest BCUT2D eigenvalue weighted by Crippen LogP contribution is -2.32. The van der Waals surface area contributed by atoms with Gasteiger partial charge in [0.25, 0.3) is 5.91 Å². The number of carbonyl (C=O) groups is 1. The molecule has 0 aliphatic heterocycles. The van der Waals surface area contributed by atoms with Gasteiger partial charge in [0.1, 0.15) is 11.6 Å². The Labute approximate surface area is 121 Å². The third-order valence-corrected chi connectivity index (χ3v) is 2.51. The van der Waals surface area contributed by atoms with Gasteiger partial charge in [0.15, 0.2) is 0 Å². The van der Waals surface area contributed by atoms with Gasteiger partial charge < -0.3 is 15.1 Å². The van der Waals surface area contributed by atoms with Crippen molar-refractivity contribution < 1.29 is 4.79 Å². The zero-order chi connectivity index (χ0) is 15.4. The quantitative estimate of drug-likeness (QED) is 0.281. The van der Waals surface area contributed by atoms with Crippen LogP contribution < -0.4 is 5.32 Å². The Hall–Kier alpha value is -2.06. The van der Waals surface area contributed by atoms with Gasteiger partial charge in [-0.3, -0.25) is 4.79 Å². The second-order valence-electron chi connectivity index (χ2n) is 4.57. The minimum Gasteiger partial charge on any atom is -0.390 e. The van der Waals surface area contributed by atoms with Crippen molar-refractivity contribution in [2.45, 2.75) is 6.42 Å². The Kier molecular flexibility index (Phi) is 9.71. The summed E-state index contributed by atoms with van der Waals surface area (Å²) in [5.74, 6) is -0.313. The van der Waals surface area contributed by atoms with E-state index in [4.69, 9.17) is 5.26 Å². The van der Waals surface area contributed by atoms with Crippen molar-refractivity contribution in [3.8, 4) is 6.07 Å². The molecule has 0 heterocycles. The van der Waals surface area contributed by atoms with E-state index < -0.39 is 0 Å². The van der Waals surface area contributed by atoms with Crippen molar-refractivity contribution in [1.29, 1.82) is 5.26 Å². The highest BCUT2D eigenvalue weighted by atomic mass is 16.2. The van der Waals surface area contributed by atoms with Crippen molar-refractivity contribution in [3.05, 3.63) is 37.1 Å². The first-order valence-corrected chi connectivity index (χ1v) is 6.56. The van der Waals surface area contributed by atoms with Crippen LogP contribution in [-0.2, 0) is 4.79 Å². The Morgan fingerprint density at radius 1 is 1.30 bits per heavy atom. The number of nitriles is 1. The van der Waals surface area contributed by atoms with Gasteiger partial charge in [0.05, 0.1) is 0 Å². The molecular formula is C15H24N4O. The zero-order valence-electron chi connectivity index (χ0n) is 12.4. The molecule has 0 unspecified atom stereocenters. The summed E-state index contributed by atoms with van der Waals surface area (Å²) in [6.07, 6.45) is 5.68. The van der Waals surface area contributed by atoms with E-state index in [-0.39, 0.29) is 11.5 Å². The van der Waals surface area contributed by atoms with Crippen LogP contribution in [-0.4, -0.2) is 56.0 Å². The van der Waals surface area contributed by atoms with Crippen LogP contribution in [0.4, 0.5) is 0 Å². The van der Waals surface area contributed by atoms with Gasteiger partial charge in [-0.2, -0.15) is 5.26 Å². The number of hydrogen-bond acceptors (Lipinski definition) is 4. The summed E-state index contributed by atoms with van der Waals surface area (Å²) >= 11 is 0. The summed E-state index contributed by atoms with van der Waals surface area (Å²) < 4.78 is 0. The molecule has 0 saturated carbocycles. The molecule has 0 aromatic carbocycles. The van der Waals surface area contributed by atoms with Crippen LogP contribution in [0.15, 0.2) is 37.1 Å². The van der Waals surface area contributed by atoms with E-state index in [0.717, 1.165) is 19.5 Å². The Morgan fingerprint density at radius 2 is 1.90 bits per heavy atom. The van der Waals surface area contributed by atoms with Crippen LogP contribution >= 0.6 is 0 Å². The van der Waals surface area contributed by atoms with E-state index in [1.54, 1.807) is 12.2 Å². The van der Waals surface area contributed by atoms with Gasteiger partial charge in [-0.15, -0.1) is 13.2 Å². The number of amides is 1. The number of carbonyl (C=O) groups excluding carboxylic acids is 1. The number of nitrogens with one attached hydrogen (secondary N) is 1. The lowest BCUT2D eigenvalue weighted by molar-refractivity contribution is -0.125. The molecule has 0 saturated heterocycles. The monoisotopic (exact) mass is 276 g/mol. The molecule has 0 spiro atoms. The van der Waals surface area contributed by atoms with Crippen LogP contribution in [0, 0.1) is 11.3 Å². The molecule has 0 aromatic heterocycles. The molecule has 0 atom stereocenters. The predicted molar refractivity (Wildman–Crippen MR) is 81.8 cm³/mol. The normalized spacial score (nSPS) is 10.8. The molecular weight excluding hydrogens is 252 g/mol. The molecule has 0 fully saturated rings. The average molecular weight is 276 g/mol. The van der Waals surface area contributed by atoms with E-state index in [2.05, 4.69) is 23.4 Å². The van der Waals surface area contributed by atoms with Crippen molar-refractivity contribution >= 4 is 5.91 Å². The fourth-order valence-corrected chi connectivity index (χ4v) is 1.54. The van der Waals surface area contributed by atoms with Gasteiger partial charge in [-0.25, -0.2) is 0 Å². The van der Waals surface area contributed by atoms with Gasteiger partial charge in [0, 0.05) is 25.8 Å². The highest BCUT2D eigenvalue weighted by molar-refractivity contribution is 5.97. The maximum Gasteiger partial charge on any atom is 0.266 e. The fourth-order valence-electron chi connectivity index (χ4n) is 1.54. The summed E-state index contributed by atoms with van der Waals surface area (Å²) in [6, 6.07) is 1.93. The van der Waals surface area contributed by atoms with E-state index in [1.165, 1.54) is 11.1 Å². The summed E-state index contributed by atoms with van der Waals surface area (Å²) in [5.41, 5.74) is 0.0959. The van der Waals surface area contributed by atoms with E-state index in [0.29, 0.717) is 13.1 Å². The Morgan fingerprint density at radius 3 is 2.35 bits per heavy atom. The smallest absolute Gasteiger partial charge is 0.266 e. The Balaban J connectivity index is 4.47. The molecule has 0 aliphatic carbocycles. The van der Waals surface area contributed by atoms with Crippen LogP contribution in [0.25, 0.3) is 0 Å². The minimum atomic E-state index is -0.313. The maximum atomic E-state index is 12.1. The largest absolute Gasteiger partial charge is 0.390 e.